The predicted molar refractivity (Wildman–Crippen MR) is 103 cm³/mol. The summed E-state index contributed by atoms with van der Waals surface area (Å²) in [5, 5.41) is 10.1. The van der Waals surface area contributed by atoms with E-state index in [-0.39, 0.29) is 12.6 Å². The number of hydrogen-bond donors (Lipinski definition) is 1. The van der Waals surface area contributed by atoms with Gasteiger partial charge in [-0.25, -0.2) is 0 Å². The first-order valence-electron chi connectivity index (χ1n) is 8.82. The molecule has 0 saturated heterocycles. The van der Waals surface area contributed by atoms with Crippen molar-refractivity contribution in [2.24, 2.45) is 0 Å². The topological polar surface area (TPSA) is 23.5 Å². The third-order valence-corrected chi connectivity index (χ3v) is 4.50. The molecule has 0 fully saturated rings. The molecule has 0 spiro atoms. The molecule has 0 radical (unpaired) electrons. The second-order valence-corrected chi connectivity index (χ2v) is 6.40. The van der Waals surface area contributed by atoms with Gasteiger partial charge in [0.15, 0.2) is 0 Å². The van der Waals surface area contributed by atoms with Gasteiger partial charge in [0.2, 0.25) is 0 Å². The molecule has 0 heterocycles. The second-order valence-electron chi connectivity index (χ2n) is 6.40. The molecule has 0 bridgehead atoms. The summed E-state index contributed by atoms with van der Waals surface area (Å²) in [5.74, 6) is 0. The van der Waals surface area contributed by atoms with E-state index >= 15 is 0 Å². The number of hydrogen-bond acceptors (Lipinski definition) is 2. The highest BCUT2D eigenvalue weighted by molar-refractivity contribution is 5.19. The summed E-state index contributed by atoms with van der Waals surface area (Å²) in [5.41, 5.74) is 3.79. The Morgan fingerprint density at radius 2 is 1.00 bits per heavy atom. The molecule has 0 aliphatic heterocycles. The van der Waals surface area contributed by atoms with Crippen molar-refractivity contribution in [3.63, 3.8) is 0 Å². The van der Waals surface area contributed by atoms with E-state index in [1.54, 1.807) is 0 Å². The molecule has 128 valence electrons. The van der Waals surface area contributed by atoms with Crippen molar-refractivity contribution in [3.05, 3.63) is 108 Å². The van der Waals surface area contributed by atoms with Crippen molar-refractivity contribution in [2.45, 2.75) is 25.6 Å². The average molecular weight is 331 g/mol. The van der Waals surface area contributed by atoms with Crippen LogP contribution in [0, 0.1) is 0 Å². The Hall–Kier alpha value is -2.42. The van der Waals surface area contributed by atoms with E-state index in [2.05, 4.69) is 77.7 Å². The van der Waals surface area contributed by atoms with Gasteiger partial charge in [0.1, 0.15) is 0 Å². The highest BCUT2D eigenvalue weighted by Crippen LogP contribution is 2.16. The number of aliphatic hydroxyl groups is 1. The van der Waals surface area contributed by atoms with E-state index < -0.39 is 0 Å². The van der Waals surface area contributed by atoms with Crippen LogP contribution in [0.3, 0.4) is 0 Å². The summed E-state index contributed by atoms with van der Waals surface area (Å²) in [6.07, 6.45) is 0.844. The average Bonchev–Trinajstić information content (AvgIpc) is 2.68. The second kappa shape index (κ2) is 9.16. The molecule has 0 aromatic heterocycles. The summed E-state index contributed by atoms with van der Waals surface area (Å²) >= 11 is 0. The molecule has 0 aliphatic rings. The Morgan fingerprint density at radius 3 is 1.40 bits per heavy atom. The van der Waals surface area contributed by atoms with Crippen molar-refractivity contribution in [1.82, 2.24) is 4.90 Å². The third-order valence-electron chi connectivity index (χ3n) is 4.50. The fraction of sp³-hybridized carbons (Fsp3) is 0.217. The van der Waals surface area contributed by atoms with Crippen LogP contribution in [-0.4, -0.2) is 22.7 Å². The van der Waals surface area contributed by atoms with Gasteiger partial charge in [-0.1, -0.05) is 91.0 Å². The minimum atomic E-state index is 0.0859. The zero-order valence-corrected chi connectivity index (χ0v) is 14.5. The van der Waals surface area contributed by atoms with E-state index in [1.165, 1.54) is 16.7 Å². The van der Waals surface area contributed by atoms with Gasteiger partial charge in [0.05, 0.1) is 6.61 Å². The molecule has 2 nitrogen and oxygen atoms in total. The van der Waals surface area contributed by atoms with Crippen LogP contribution in [0.2, 0.25) is 0 Å². The lowest BCUT2D eigenvalue weighted by Crippen LogP contribution is -2.38. The first kappa shape index (κ1) is 17.4. The molecule has 0 aliphatic carbocycles. The first-order chi connectivity index (χ1) is 12.3. The smallest absolute Gasteiger partial charge is 0.0590 e. The molecule has 25 heavy (non-hydrogen) atoms. The number of rotatable bonds is 8. The summed E-state index contributed by atoms with van der Waals surface area (Å²) in [6.45, 7) is 1.80. The third kappa shape index (κ3) is 5.28. The van der Waals surface area contributed by atoms with Gasteiger partial charge >= 0.3 is 0 Å². The summed E-state index contributed by atoms with van der Waals surface area (Å²) < 4.78 is 0. The predicted octanol–water partition coefficient (Wildman–Crippen LogP) is 4.29. The highest BCUT2D eigenvalue weighted by Gasteiger charge is 2.19. The standard InChI is InChI=1S/C23H25NO/c25-19-23(16-20-10-4-1-5-11-20)24(17-21-12-6-2-7-13-21)18-22-14-8-3-9-15-22/h1-15,23,25H,16-19H2. The van der Waals surface area contributed by atoms with Crippen molar-refractivity contribution >= 4 is 0 Å². The minimum Gasteiger partial charge on any atom is -0.395 e. The molecule has 1 atom stereocenters. The Morgan fingerprint density at radius 1 is 0.600 bits per heavy atom. The molecular formula is C23H25NO. The number of nitrogens with zero attached hydrogens (tertiary/aromatic N) is 1. The van der Waals surface area contributed by atoms with Gasteiger partial charge in [-0.05, 0) is 23.1 Å². The van der Waals surface area contributed by atoms with Crippen molar-refractivity contribution < 1.29 is 5.11 Å². The van der Waals surface area contributed by atoms with Gasteiger partial charge in [0.25, 0.3) is 0 Å². The van der Waals surface area contributed by atoms with Crippen LogP contribution in [-0.2, 0) is 19.5 Å². The van der Waals surface area contributed by atoms with E-state index in [1.807, 2.05) is 18.2 Å². The molecule has 3 aromatic carbocycles. The van der Waals surface area contributed by atoms with Crippen LogP contribution in [0.4, 0.5) is 0 Å². The Bertz CT molecular complexity index is 686. The maximum Gasteiger partial charge on any atom is 0.0590 e. The molecule has 1 N–H and O–H groups in total. The number of aliphatic hydroxyl groups excluding tert-OH is 1. The minimum absolute atomic E-state index is 0.0859. The van der Waals surface area contributed by atoms with Crippen molar-refractivity contribution in [2.75, 3.05) is 6.61 Å². The van der Waals surface area contributed by atoms with Crippen LogP contribution in [0.25, 0.3) is 0 Å². The quantitative estimate of drug-likeness (QED) is 0.665. The Kier molecular flexibility index (Phi) is 6.38. The molecule has 0 amide bonds. The van der Waals surface area contributed by atoms with Crippen LogP contribution in [0.1, 0.15) is 16.7 Å². The van der Waals surface area contributed by atoms with E-state index in [4.69, 9.17) is 0 Å². The summed E-state index contributed by atoms with van der Waals surface area (Å²) in [7, 11) is 0. The van der Waals surface area contributed by atoms with Crippen LogP contribution >= 0.6 is 0 Å². The zero-order chi connectivity index (χ0) is 17.3. The monoisotopic (exact) mass is 331 g/mol. The van der Waals surface area contributed by atoms with Crippen molar-refractivity contribution in [1.29, 1.82) is 0 Å². The maximum atomic E-state index is 10.1. The summed E-state index contributed by atoms with van der Waals surface area (Å²) in [6, 6.07) is 31.4. The lowest BCUT2D eigenvalue weighted by molar-refractivity contribution is 0.109. The molecular weight excluding hydrogens is 306 g/mol. The SMILES string of the molecule is OCC(Cc1ccccc1)N(Cc1ccccc1)Cc1ccccc1. The largest absolute Gasteiger partial charge is 0.395 e. The normalized spacial score (nSPS) is 12.2. The van der Waals surface area contributed by atoms with Gasteiger partial charge in [-0.2, -0.15) is 0 Å². The molecule has 3 aromatic rings. The molecule has 1 unspecified atom stereocenters. The van der Waals surface area contributed by atoms with E-state index in [9.17, 15) is 5.11 Å². The molecule has 0 saturated carbocycles. The Balaban J connectivity index is 1.80. The van der Waals surface area contributed by atoms with Gasteiger partial charge in [-0.3, -0.25) is 4.90 Å². The van der Waals surface area contributed by atoms with Gasteiger partial charge in [0, 0.05) is 19.1 Å². The van der Waals surface area contributed by atoms with Gasteiger partial charge in [-0.15, -0.1) is 0 Å². The van der Waals surface area contributed by atoms with E-state index in [0.29, 0.717) is 0 Å². The zero-order valence-electron chi connectivity index (χ0n) is 14.5. The number of benzene rings is 3. The molecule has 3 rings (SSSR count). The van der Waals surface area contributed by atoms with Gasteiger partial charge < -0.3 is 5.11 Å². The highest BCUT2D eigenvalue weighted by atomic mass is 16.3. The van der Waals surface area contributed by atoms with Crippen LogP contribution in [0.5, 0.6) is 0 Å². The van der Waals surface area contributed by atoms with Crippen molar-refractivity contribution in [3.8, 4) is 0 Å². The fourth-order valence-electron chi connectivity index (χ4n) is 3.15. The van der Waals surface area contributed by atoms with Crippen LogP contribution in [0.15, 0.2) is 91.0 Å². The lowest BCUT2D eigenvalue weighted by atomic mass is 10.0. The maximum absolute atomic E-state index is 10.1. The Labute approximate surface area is 150 Å². The molecule has 2 heteroatoms. The van der Waals surface area contributed by atoms with E-state index in [0.717, 1.165) is 19.5 Å². The summed E-state index contributed by atoms with van der Waals surface area (Å²) in [4.78, 5) is 2.37. The lowest BCUT2D eigenvalue weighted by Gasteiger charge is -2.31. The van der Waals surface area contributed by atoms with Crippen LogP contribution < -0.4 is 0 Å². The first-order valence-corrected chi connectivity index (χ1v) is 8.82. The fourth-order valence-corrected chi connectivity index (χ4v) is 3.15.